The van der Waals surface area contributed by atoms with Crippen molar-refractivity contribution < 1.29 is 21.6 Å². The molecule has 24 heavy (non-hydrogen) atoms. The Labute approximate surface area is 159 Å². The van der Waals surface area contributed by atoms with Gasteiger partial charge in [-0.2, -0.15) is 13.2 Å². The van der Waals surface area contributed by atoms with Crippen LogP contribution in [0.15, 0.2) is 4.99 Å². The van der Waals surface area contributed by atoms with Crippen molar-refractivity contribution in [3.05, 3.63) is 0 Å². The SMILES string of the molecule is CN=C(NCCCN(C)CC(F)(F)F)NC(C)CCS(C)(=O)=O.I. The van der Waals surface area contributed by atoms with E-state index >= 15 is 0 Å². The number of hydrogen-bond donors (Lipinski definition) is 2. The predicted octanol–water partition coefficient (Wildman–Crippen LogP) is 1.48. The van der Waals surface area contributed by atoms with Crippen molar-refractivity contribution in [3.8, 4) is 0 Å². The third-order valence-electron chi connectivity index (χ3n) is 2.99. The minimum absolute atomic E-state index is 0. The highest BCUT2D eigenvalue weighted by Crippen LogP contribution is 2.15. The number of guanidine groups is 1. The summed E-state index contributed by atoms with van der Waals surface area (Å²) >= 11 is 0. The highest BCUT2D eigenvalue weighted by molar-refractivity contribution is 14.0. The van der Waals surface area contributed by atoms with Crippen molar-refractivity contribution in [1.29, 1.82) is 0 Å². The van der Waals surface area contributed by atoms with Crippen LogP contribution in [0.25, 0.3) is 0 Å². The maximum atomic E-state index is 12.2. The van der Waals surface area contributed by atoms with E-state index in [-0.39, 0.29) is 35.8 Å². The Balaban J connectivity index is 0. The van der Waals surface area contributed by atoms with E-state index in [4.69, 9.17) is 0 Å². The largest absolute Gasteiger partial charge is 0.401 e. The first-order chi connectivity index (χ1) is 10.4. The van der Waals surface area contributed by atoms with Gasteiger partial charge in [-0.1, -0.05) is 0 Å². The van der Waals surface area contributed by atoms with Gasteiger partial charge >= 0.3 is 6.18 Å². The van der Waals surface area contributed by atoms with E-state index in [2.05, 4.69) is 15.6 Å². The lowest BCUT2D eigenvalue weighted by Crippen LogP contribution is -2.43. The number of nitrogens with zero attached hydrogens (tertiary/aromatic N) is 2. The summed E-state index contributed by atoms with van der Waals surface area (Å²) in [6.45, 7) is 1.70. The number of aliphatic imine (C=N–C) groups is 1. The molecule has 1 atom stereocenters. The summed E-state index contributed by atoms with van der Waals surface area (Å²) in [6, 6.07) is -0.0798. The molecule has 1 unspecified atom stereocenters. The van der Waals surface area contributed by atoms with Crippen molar-refractivity contribution in [2.45, 2.75) is 32.0 Å². The van der Waals surface area contributed by atoms with Crippen molar-refractivity contribution in [2.24, 2.45) is 4.99 Å². The molecule has 0 aliphatic carbocycles. The molecule has 0 fully saturated rings. The monoisotopic (exact) mass is 488 g/mol. The van der Waals surface area contributed by atoms with Crippen LogP contribution >= 0.6 is 24.0 Å². The minimum atomic E-state index is -4.19. The van der Waals surface area contributed by atoms with E-state index in [0.717, 1.165) is 0 Å². The van der Waals surface area contributed by atoms with Gasteiger partial charge in [0.1, 0.15) is 9.84 Å². The molecular weight excluding hydrogens is 460 g/mol. The van der Waals surface area contributed by atoms with Crippen molar-refractivity contribution in [2.75, 3.05) is 45.7 Å². The lowest BCUT2D eigenvalue weighted by Gasteiger charge is -2.20. The van der Waals surface area contributed by atoms with Crippen LogP contribution in [-0.2, 0) is 9.84 Å². The molecule has 0 aliphatic heterocycles. The van der Waals surface area contributed by atoms with Crippen molar-refractivity contribution in [3.63, 3.8) is 0 Å². The van der Waals surface area contributed by atoms with Crippen LogP contribution in [0.2, 0.25) is 0 Å². The number of sulfone groups is 1. The number of nitrogens with one attached hydrogen (secondary N) is 2. The van der Waals surface area contributed by atoms with Crippen LogP contribution < -0.4 is 10.6 Å². The van der Waals surface area contributed by atoms with E-state index in [1.165, 1.54) is 18.2 Å². The van der Waals surface area contributed by atoms with E-state index in [9.17, 15) is 21.6 Å². The molecule has 0 rings (SSSR count). The smallest absolute Gasteiger partial charge is 0.356 e. The number of halogens is 4. The van der Waals surface area contributed by atoms with Gasteiger partial charge in [0.2, 0.25) is 0 Å². The summed E-state index contributed by atoms with van der Waals surface area (Å²) in [5, 5.41) is 6.04. The molecule has 6 nitrogen and oxygen atoms in total. The molecule has 0 aromatic rings. The molecule has 0 aliphatic rings. The number of rotatable bonds is 9. The Bertz CT molecular complexity index is 472. The summed E-state index contributed by atoms with van der Waals surface area (Å²) < 4.78 is 58.7. The Morgan fingerprint density at radius 2 is 1.92 bits per heavy atom. The van der Waals surface area contributed by atoms with Gasteiger partial charge in [0.05, 0.1) is 12.3 Å². The molecule has 11 heteroatoms. The first-order valence-corrected chi connectivity index (χ1v) is 9.39. The lowest BCUT2D eigenvalue weighted by atomic mass is 10.3. The minimum Gasteiger partial charge on any atom is -0.356 e. The number of hydrogen-bond acceptors (Lipinski definition) is 4. The molecule has 0 aromatic heterocycles. The number of alkyl halides is 3. The second-order valence-electron chi connectivity index (χ2n) is 5.67. The van der Waals surface area contributed by atoms with Crippen molar-refractivity contribution in [1.82, 2.24) is 15.5 Å². The fourth-order valence-corrected chi connectivity index (χ4v) is 2.61. The zero-order valence-electron chi connectivity index (χ0n) is 14.5. The van der Waals surface area contributed by atoms with Crippen LogP contribution in [-0.4, -0.2) is 77.2 Å². The second kappa shape index (κ2) is 12.1. The first-order valence-electron chi connectivity index (χ1n) is 7.33. The highest BCUT2D eigenvalue weighted by Gasteiger charge is 2.28. The van der Waals surface area contributed by atoms with Gasteiger partial charge in [0.15, 0.2) is 5.96 Å². The Morgan fingerprint density at radius 1 is 1.33 bits per heavy atom. The van der Waals surface area contributed by atoms with Crippen LogP contribution in [0.3, 0.4) is 0 Å². The molecule has 0 saturated heterocycles. The van der Waals surface area contributed by atoms with E-state index in [0.29, 0.717) is 31.9 Å². The van der Waals surface area contributed by atoms with Crippen LogP contribution in [0.1, 0.15) is 19.8 Å². The maximum absolute atomic E-state index is 12.2. The molecule has 0 saturated carbocycles. The summed E-state index contributed by atoms with van der Waals surface area (Å²) in [5.74, 6) is 0.588. The summed E-state index contributed by atoms with van der Waals surface area (Å²) in [5.41, 5.74) is 0. The average molecular weight is 488 g/mol. The topological polar surface area (TPSA) is 73.8 Å². The van der Waals surface area contributed by atoms with Gasteiger partial charge in [0, 0.05) is 25.9 Å². The molecule has 0 radical (unpaired) electrons. The standard InChI is InChI=1S/C13H27F3N4O2S.HI/c1-11(6-9-23(4,21)22)19-12(17-2)18-7-5-8-20(3)10-13(14,15)16;/h11H,5-10H2,1-4H3,(H2,17,18,19);1H. The van der Waals surface area contributed by atoms with Crippen molar-refractivity contribution >= 4 is 39.8 Å². The molecular formula is C13H28F3IN4O2S. The average Bonchev–Trinajstić information content (AvgIpc) is 2.37. The molecule has 0 heterocycles. The molecule has 0 amide bonds. The van der Waals surface area contributed by atoms with Gasteiger partial charge in [-0.3, -0.25) is 9.89 Å². The quantitative estimate of drug-likeness (QED) is 0.223. The zero-order valence-corrected chi connectivity index (χ0v) is 17.6. The van der Waals surface area contributed by atoms with Crippen LogP contribution in [0.4, 0.5) is 13.2 Å². The fraction of sp³-hybridized carbons (Fsp3) is 0.923. The normalized spacial score (nSPS) is 14.2. The Morgan fingerprint density at radius 3 is 2.38 bits per heavy atom. The Kier molecular flexibility index (Phi) is 13.1. The van der Waals surface area contributed by atoms with Gasteiger partial charge < -0.3 is 10.6 Å². The van der Waals surface area contributed by atoms with E-state index < -0.39 is 22.6 Å². The molecule has 146 valence electrons. The maximum Gasteiger partial charge on any atom is 0.401 e. The second-order valence-corrected chi connectivity index (χ2v) is 7.93. The molecule has 0 aromatic carbocycles. The molecule has 2 N–H and O–H groups in total. The van der Waals surface area contributed by atoms with Gasteiger partial charge in [-0.25, -0.2) is 8.42 Å². The fourth-order valence-electron chi connectivity index (χ4n) is 1.83. The van der Waals surface area contributed by atoms with Crippen LogP contribution in [0.5, 0.6) is 0 Å². The summed E-state index contributed by atoms with van der Waals surface area (Å²) in [6.07, 6.45) is -2.02. The van der Waals surface area contributed by atoms with Gasteiger partial charge in [-0.15, -0.1) is 24.0 Å². The molecule has 0 bridgehead atoms. The Hall–Kier alpha value is -0.300. The molecule has 0 spiro atoms. The third kappa shape index (κ3) is 16.6. The summed E-state index contributed by atoms with van der Waals surface area (Å²) in [4.78, 5) is 5.21. The van der Waals surface area contributed by atoms with E-state index in [1.807, 2.05) is 6.92 Å². The first kappa shape index (κ1) is 25.9. The summed E-state index contributed by atoms with van der Waals surface area (Å²) in [7, 11) is -0.00265. The van der Waals surface area contributed by atoms with E-state index in [1.54, 1.807) is 7.05 Å². The zero-order chi connectivity index (χ0) is 18.1. The highest BCUT2D eigenvalue weighted by atomic mass is 127. The van der Waals surface area contributed by atoms with Crippen LogP contribution in [0, 0.1) is 0 Å². The lowest BCUT2D eigenvalue weighted by molar-refractivity contribution is -0.143. The van der Waals surface area contributed by atoms with Gasteiger partial charge in [0.25, 0.3) is 0 Å². The third-order valence-corrected chi connectivity index (χ3v) is 3.96. The predicted molar refractivity (Wildman–Crippen MR) is 102 cm³/mol. The van der Waals surface area contributed by atoms with Gasteiger partial charge in [-0.05, 0) is 33.4 Å².